The second-order valence-corrected chi connectivity index (χ2v) is 11.2. The maximum Gasteiger partial charge on any atom is 0.240 e. The van der Waals surface area contributed by atoms with E-state index >= 15 is 4.39 Å². The average Bonchev–Trinajstić information content (AvgIpc) is 3.61. The number of nitrogens with zero attached hydrogens (tertiary/aromatic N) is 3. The average molecular weight is 623 g/mol. The number of aliphatic hydroxyl groups is 2. The Labute approximate surface area is 266 Å². The van der Waals surface area contributed by atoms with E-state index in [1.165, 1.54) is 11.5 Å². The van der Waals surface area contributed by atoms with E-state index in [0.717, 1.165) is 16.7 Å². The van der Waals surface area contributed by atoms with Crippen LogP contribution in [0.4, 0.5) is 10.3 Å². The topological polar surface area (TPSA) is 111 Å². The van der Waals surface area contributed by atoms with Crippen molar-refractivity contribution in [3.05, 3.63) is 114 Å². The lowest BCUT2D eigenvalue weighted by Crippen LogP contribution is -2.43. The first kappa shape index (κ1) is 31.0. The van der Waals surface area contributed by atoms with E-state index < -0.39 is 35.7 Å². The van der Waals surface area contributed by atoms with Crippen LogP contribution in [0.15, 0.2) is 97.2 Å². The molecular formula is C36H35FN4O5. The van der Waals surface area contributed by atoms with Crippen LogP contribution in [0, 0.1) is 18.3 Å². The number of fused-ring (bicyclic) bond motifs is 1. The van der Waals surface area contributed by atoms with Gasteiger partial charge in [-0.1, -0.05) is 85.6 Å². The number of halogens is 1. The molecule has 0 spiro atoms. The number of aromatic nitrogens is 3. The van der Waals surface area contributed by atoms with Gasteiger partial charge in [0.1, 0.15) is 17.9 Å². The molecule has 236 valence electrons. The highest BCUT2D eigenvalue weighted by Gasteiger charge is 2.62. The minimum absolute atomic E-state index is 0.184. The number of terminal acetylenes is 1. The molecule has 0 unspecified atom stereocenters. The number of rotatable bonds is 10. The molecule has 1 fully saturated rings. The molecule has 2 aromatic heterocycles. The number of hydrogen-bond acceptors (Lipinski definition) is 8. The Morgan fingerprint density at radius 2 is 1.61 bits per heavy atom. The van der Waals surface area contributed by atoms with Crippen molar-refractivity contribution in [2.24, 2.45) is 5.92 Å². The molecule has 46 heavy (non-hydrogen) atoms. The fourth-order valence-electron chi connectivity index (χ4n) is 6.16. The van der Waals surface area contributed by atoms with E-state index in [2.05, 4.69) is 11.2 Å². The van der Waals surface area contributed by atoms with Crippen LogP contribution in [0.5, 0.6) is 11.6 Å². The van der Waals surface area contributed by atoms with Gasteiger partial charge >= 0.3 is 0 Å². The quantitative estimate of drug-likeness (QED) is 0.140. The molecule has 0 radical (unpaired) electrons. The predicted molar refractivity (Wildman–Crippen MR) is 172 cm³/mol. The summed E-state index contributed by atoms with van der Waals surface area (Å²) in [5, 5.41) is 25.5. The Kier molecular flexibility index (Phi) is 8.17. The lowest BCUT2D eigenvalue weighted by Gasteiger charge is -2.37. The monoisotopic (exact) mass is 622 g/mol. The largest absolute Gasteiger partial charge is 0.497 e. The molecule has 0 aliphatic carbocycles. The van der Waals surface area contributed by atoms with E-state index in [1.807, 2.05) is 91.9 Å². The van der Waals surface area contributed by atoms with Gasteiger partial charge in [0.05, 0.1) is 25.0 Å². The molecule has 1 aliphatic rings. The number of nitrogens with one attached hydrogen (secondary N) is 1. The molecule has 5 aromatic rings. The lowest BCUT2D eigenvalue weighted by molar-refractivity contribution is -0.191. The van der Waals surface area contributed by atoms with Gasteiger partial charge in [-0.25, -0.2) is 4.39 Å². The molecular weight excluding hydrogens is 587 g/mol. The summed E-state index contributed by atoms with van der Waals surface area (Å²) in [4.78, 5) is 9.71. The van der Waals surface area contributed by atoms with Crippen LogP contribution in [0.3, 0.4) is 0 Å². The summed E-state index contributed by atoms with van der Waals surface area (Å²) >= 11 is 0. The highest BCUT2D eigenvalue weighted by molar-refractivity contribution is 5.83. The van der Waals surface area contributed by atoms with Crippen LogP contribution in [0.1, 0.15) is 36.8 Å². The zero-order chi connectivity index (χ0) is 32.5. The molecule has 6 rings (SSSR count). The van der Waals surface area contributed by atoms with Crippen LogP contribution < -0.4 is 14.8 Å². The SMILES string of the molecule is C#C[C@]1(O)[C@H](n2ccc3c(OCC)nc(NC(c4ccccc4)(c4ccccc4)c4ccc(OC)cc4)nc32)O[C@](F)(CO)[C@H]1C. The molecule has 0 bridgehead atoms. The third kappa shape index (κ3) is 4.93. The first-order chi connectivity index (χ1) is 22.2. The summed E-state index contributed by atoms with van der Waals surface area (Å²) in [6, 6.07) is 29.2. The van der Waals surface area contributed by atoms with Crippen molar-refractivity contribution in [2.45, 2.75) is 37.1 Å². The summed E-state index contributed by atoms with van der Waals surface area (Å²) in [5.41, 5.74) is -0.145. The van der Waals surface area contributed by atoms with Crippen LogP contribution in [0.25, 0.3) is 11.0 Å². The van der Waals surface area contributed by atoms with E-state index in [9.17, 15) is 10.2 Å². The number of hydrogen-bond donors (Lipinski definition) is 3. The highest BCUT2D eigenvalue weighted by atomic mass is 19.2. The molecule has 10 heteroatoms. The summed E-state index contributed by atoms with van der Waals surface area (Å²) in [6.07, 6.45) is 5.93. The molecule has 0 amide bonds. The van der Waals surface area contributed by atoms with Gasteiger partial charge in [0, 0.05) is 6.20 Å². The lowest BCUT2D eigenvalue weighted by atomic mass is 9.77. The van der Waals surface area contributed by atoms with Gasteiger partial charge in [-0.3, -0.25) is 0 Å². The Bertz CT molecular complexity index is 1820. The van der Waals surface area contributed by atoms with Crippen molar-refractivity contribution < 1.29 is 28.8 Å². The van der Waals surface area contributed by atoms with Crippen molar-refractivity contribution in [2.75, 3.05) is 25.6 Å². The number of anilines is 1. The number of methoxy groups -OCH3 is 1. The third-order valence-corrected chi connectivity index (χ3v) is 8.74. The zero-order valence-electron chi connectivity index (χ0n) is 25.7. The van der Waals surface area contributed by atoms with Gasteiger partial charge in [-0.05, 0) is 41.8 Å². The maximum absolute atomic E-state index is 15.7. The van der Waals surface area contributed by atoms with Crippen molar-refractivity contribution in [1.82, 2.24) is 14.5 Å². The maximum atomic E-state index is 15.7. The molecule has 4 atom stereocenters. The number of benzene rings is 3. The van der Waals surface area contributed by atoms with Crippen LogP contribution in [-0.2, 0) is 10.3 Å². The van der Waals surface area contributed by atoms with E-state index in [0.29, 0.717) is 17.7 Å². The van der Waals surface area contributed by atoms with Crippen LogP contribution in [-0.4, -0.2) is 56.5 Å². The Balaban J connectivity index is 1.59. The van der Waals surface area contributed by atoms with E-state index in [1.54, 1.807) is 19.4 Å². The summed E-state index contributed by atoms with van der Waals surface area (Å²) in [7, 11) is 1.62. The van der Waals surface area contributed by atoms with Crippen LogP contribution >= 0.6 is 0 Å². The number of aliphatic hydroxyl groups excluding tert-OH is 1. The highest BCUT2D eigenvalue weighted by Crippen LogP contribution is 2.50. The zero-order valence-corrected chi connectivity index (χ0v) is 25.7. The van der Waals surface area contributed by atoms with Crippen molar-refractivity contribution in [1.29, 1.82) is 0 Å². The van der Waals surface area contributed by atoms with Gasteiger partial charge in [-0.2, -0.15) is 9.97 Å². The van der Waals surface area contributed by atoms with E-state index in [-0.39, 0.29) is 17.5 Å². The molecule has 1 aliphatic heterocycles. The first-order valence-corrected chi connectivity index (χ1v) is 15.0. The Morgan fingerprint density at radius 3 is 2.15 bits per heavy atom. The predicted octanol–water partition coefficient (Wildman–Crippen LogP) is 5.43. The van der Waals surface area contributed by atoms with Gasteiger partial charge in [-0.15, -0.1) is 6.42 Å². The minimum atomic E-state index is -2.58. The van der Waals surface area contributed by atoms with Crippen molar-refractivity contribution in [3.8, 4) is 24.0 Å². The second-order valence-electron chi connectivity index (χ2n) is 11.2. The summed E-state index contributed by atoms with van der Waals surface area (Å²) < 4.78 is 34.2. The Morgan fingerprint density at radius 1 is 1.00 bits per heavy atom. The molecule has 1 saturated heterocycles. The third-order valence-electron chi connectivity index (χ3n) is 8.74. The van der Waals surface area contributed by atoms with E-state index in [4.69, 9.17) is 30.6 Å². The molecule has 3 N–H and O–H groups in total. The fourth-order valence-corrected chi connectivity index (χ4v) is 6.16. The molecule has 0 saturated carbocycles. The van der Waals surface area contributed by atoms with Gasteiger partial charge < -0.3 is 34.3 Å². The normalized spacial score (nSPS) is 22.8. The van der Waals surface area contributed by atoms with Gasteiger partial charge in [0.15, 0.2) is 17.5 Å². The minimum Gasteiger partial charge on any atom is -0.497 e. The summed E-state index contributed by atoms with van der Waals surface area (Å²) in [6.45, 7) is 2.56. The van der Waals surface area contributed by atoms with Crippen LogP contribution in [0.2, 0.25) is 0 Å². The van der Waals surface area contributed by atoms with Gasteiger partial charge in [0.25, 0.3) is 0 Å². The standard InChI is InChI=1S/C36H35FN4O5/c1-5-34(43)24(3)35(37,23-42)46-32(34)41-22-21-29-30(41)38-33(39-31(29)45-6-2)40-36(25-13-9-7-10-14-25,26-15-11-8-12-16-26)27-17-19-28(44-4)20-18-27/h1,7-22,24,32,42-43H,6,23H2,2-4H3,(H,38,39,40)/t24-,32+,34+,35+/m0/s1. The Hall–Kier alpha value is -4.95. The second kappa shape index (κ2) is 12.1. The van der Waals surface area contributed by atoms with Crippen molar-refractivity contribution in [3.63, 3.8) is 0 Å². The van der Waals surface area contributed by atoms with Gasteiger partial charge in [0.2, 0.25) is 17.7 Å². The molecule has 3 aromatic carbocycles. The molecule has 3 heterocycles. The first-order valence-electron chi connectivity index (χ1n) is 15.0. The van der Waals surface area contributed by atoms with Crippen molar-refractivity contribution >= 4 is 17.0 Å². The number of ether oxygens (including phenoxy) is 3. The fraction of sp³-hybridized carbons (Fsp3) is 0.278. The smallest absolute Gasteiger partial charge is 0.240 e. The molecule has 9 nitrogen and oxygen atoms in total. The number of alkyl halides is 1. The summed E-state index contributed by atoms with van der Waals surface area (Å²) in [5.74, 6) is -0.370.